The normalized spacial score (nSPS) is 14.1. The summed E-state index contributed by atoms with van der Waals surface area (Å²) in [5.74, 6) is 0.552. The lowest BCUT2D eigenvalue weighted by Gasteiger charge is -2.17. The third-order valence-electron chi connectivity index (χ3n) is 5.04. The Bertz CT molecular complexity index is 946. The van der Waals surface area contributed by atoms with Crippen molar-refractivity contribution >= 4 is 22.6 Å². The van der Waals surface area contributed by atoms with Crippen molar-refractivity contribution in [3.05, 3.63) is 62.0 Å². The van der Waals surface area contributed by atoms with E-state index in [2.05, 4.69) is 32.9 Å². The molecule has 3 nitrogen and oxygen atoms in total. The molecule has 0 fully saturated rings. The summed E-state index contributed by atoms with van der Waals surface area (Å²) in [6.07, 6.45) is 10.2. The molecule has 0 radical (unpaired) electrons. The first kappa shape index (κ1) is 19.8. The molecule has 1 aliphatic carbocycles. The number of allylic oxidation sites excluding steroid dienone is 3. The Morgan fingerprint density at radius 3 is 2.63 bits per heavy atom. The Balaban J connectivity index is 1.77. The highest BCUT2D eigenvalue weighted by atomic mass is 35.5. The van der Waals surface area contributed by atoms with Gasteiger partial charge < -0.3 is 9.15 Å². The summed E-state index contributed by atoms with van der Waals surface area (Å²) in [7, 11) is 0. The fraction of sp³-hybridized carbons (Fsp3) is 0.435. The third-order valence-corrected chi connectivity index (χ3v) is 5.33. The summed E-state index contributed by atoms with van der Waals surface area (Å²) in [6, 6.07) is 3.63. The van der Waals surface area contributed by atoms with Gasteiger partial charge in [0.15, 0.2) is 0 Å². The highest BCUT2D eigenvalue weighted by Crippen LogP contribution is 2.34. The standard InChI is InChI=1S/C23H27ClO3/c1-15(2)7-6-8-16(3)11-12-26-22-14-21-19(13-20(22)24)17-9-4-5-10-18(17)23(25)27-21/h7,11,13-14H,4-6,8-10,12H2,1-3H3. The van der Waals surface area contributed by atoms with E-state index in [1.165, 1.54) is 11.1 Å². The largest absolute Gasteiger partial charge is 0.488 e. The van der Waals surface area contributed by atoms with Crippen molar-refractivity contribution in [2.75, 3.05) is 6.61 Å². The van der Waals surface area contributed by atoms with Gasteiger partial charge in [-0.25, -0.2) is 4.79 Å². The first-order valence-electron chi connectivity index (χ1n) is 9.65. The Labute approximate surface area is 165 Å². The average Bonchev–Trinajstić information content (AvgIpc) is 2.63. The molecule has 0 aliphatic heterocycles. The highest BCUT2D eigenvalue weighted by molar-refractivity contribution is 6.32. The molecular weight excluding hydrogens is 360 g/mol. The number of hydrogen-bond acceptors (Lipinski definition) is 3. The molecule has 0 saturated heterocycles. The Kier molecular flexibility index (Phi) is 6.43. The van der Waals surface area contributed by atoms with E-state index in [1.807, 2.05) is 6.07 Å². The Hall–Kier alpha value is -2.00. The quantitative estimate of drug-likeness (QED) is 0.426. The van der Waals surface area contributed by atoms with Crippen molar-refractivity contribution in [2.45, 2.75) is 59.3 Å². The first-order chi connectivity index (χ1) is 13.0. The molecule has 1 aromatic heterocycles. The molecular formula is C23H27ClO3. The number of benzene rings is 1. The van der Waals surface area contributed by atoms with Gasteiger partial charge in [-0.2, -0.15) is 0 Å². The van der Waals surface area contributed by atoms with Crippen LogP contribution in [0.15, 0.2) is 44.6 Å². The van der Waals surface area contributed by atoms with Crippen LogP contribution in [0.5, 0.6) is 5.75 Å². The zero-order valence-corrected chi connectivity index (χ0v) is 17.1. The zero-order valence-electron chi connectivity index (χ0n) is 16.4. The van der Waals surface area contributed by atoms with Gasteiger partial charge >= 0.3 is 5.63 Å². The molecule has 1 heterocycles. The summed E-state index contributed by atoms with van der Waals surface area (Å²) in [5, 5.41) is 1.50. The van der Waals surface area contributed by atoms with Crippen LogP contribution in [-0.2, 0) is 12.8 Å². The van der Waals surface area contributed by atoms with Crippen LogP contribution in [0.2, 0.25) is 5.02 Å². The fourth-order valence-electron chi connectivity index (χ4n) is 3.52. The summed E-state index contributed by atoms with van der Waals surface area (Å²) >= 11 is 6.45. The van der Waals surface area contributed by atoms with Gasteiger partial charge in [0.25, 0.3) is 0 Å². The SMILES string of the molecule is CC(C)=CCCC(C)=CCOc1cc2oc(=O)c3c(c2cc1Cl)CCCC3. The maximum Gasteiger partial charge on any atom is 0.339 e. The summed E-state index contributed by atoms with van der Waals surface area (Å²) in [6.45, 7) is 6.77. The van der Waals surface area contributed by atoms with Crippen LogP contribution >= 0.6 is 11.6 Å². The van der Waals surface area contributed by atoms with Gasteiger partial charge in [0.2, 0.25) is 0 Å². The van der Waals surface area contributed by atoms with E-state index >= 15 is 0 Å². The van der Waals surface area contributed by atoms with Crippen molar-refractivity contribution in [1.29, 1.82) is 0 Å². The van der Waals surface area contributed by atoms with Gasteiger partial charge in [-0.15, -0.1) is 0 Å². The molecule has 0 bridgehead atoms. The number of aryl methyl sites for hydroxylation is 1. The molecule has 1 aliphatic rings. The molecule has 2 aromatic rings. The van der Waals surface area contributed by atoms with Gasteiger partial charge in [0.1, 0.15) is 17.9 Å². The zero-order chi connectivity index (χ0) is 19.4. The van der Waals surface area contributed by atoms with Gasteiger partial charge in [-0.05, 0) is 77.0 Å². The fourth-order valence-corrected chi connectivity index (χ4v) is 3.74. The topological polar surface area (TPSA) is 39.4 Å². The van der Waals surface area contributed by atoms with Crippen LogP contribution in [0.3, 0.4) is 0 Å². The van der Waals surface area contributed by atoms with Crippen LogP contribution in [-0.4, -0.2) is 6.61 Å². The molecule has 144 valence electrons. The van der Waals surface area contributed by atoms with E-state index in [0.717, 1.165) is 55.0 Å². The monoisotopic (exact) mass is 386 g/mol. The molecule has 0 amide bonds. The summed E-state index contributed by atoms with van der Waals surface area (Å²) < 4.78 is 11.4. The molecule has 3 rings (SSSR count). The van der Waals surface area contributed by atoms with Crippen LogP contribution in [0.25, 0.3) is 11.0 Å². The van der Waals surface area contributed by atoms with Crippen molar-refractivity contribution in [2.24, 2.45) is 0 Å². The number of halogens is 1. The molecule has 0 spiro atoms. The molecule has 27 heavy (non-hydrogen) atoms. The average molecular weight is 387 g/mol. The molecule has 1 aromatic carbocycles. The predicted octanol–water partition coefficient (Wildman–Crippen LogP) is 6.40. The smallest absolute Gasteiger partial charge is 0.339 e. The second kappa shape index (κ2) is 8.79. The number of rotatable bonds is 6. The molecule has 4 heteroatoms. The second-order valence-electron chi connectivity index (χ2n) is 7.51. The minimum Gasteiger partial charge on any atom is -0.488 e. The number of ether oxygens (including phenoxy) is 1. The van der Waals surface area contributed by atoms with Gasteiger partial charge in [0.05, 0.1) is 5.02 Å². The predicted molar refractivity (Wildman–Crippen MR) is 112 cm³/mol. The minimum atomic E-state index is -0.222. The van der Waals surface area contributed by atoms with Crippen LogP contribution in [0.4, 0.5) is 0 Å². The van der Waals surface area contributed by atoms with Crippen LogP contribution in [0.1, 0.15) is 57.6 Å². The van der Waals surface area contributed by atoms with E-state index < -0.39 is 0 Å². The summed E-state index contributed by atoms with van der Waals surface area (Å²) in [5.41, 5.74) is 4.87. The van der Waals surface area contributed by atoms with Crippen molar-refractivity contribution in [3.63, 3.8) is 0 Å². The lowest BCUT2D eigenvalue weighted by atomic mass is 9.91. The second-order valence-corrected chi connectivity index (χ2v) is 7.92. The van der Waals surface area contributed by atoms with Gasteiger partial charge in [0, 0.05) is 17.0 Å². The highest BCUT2D eigenvalue weighted by Gasteiger charge is 2.19. The van der Waals surface area contributed by atoms with Crippen LogP contribution < -0.4 is 10.4 Å². The lowest BCUT2D eigenvalue weighted by molar-refractivity contribution is 0.361. The Morgan fingerprint density at radius 1 is 1.15 bits per heavy atom. The third kappa shape index (κ3) is 4.84. The van der Waals surface area contributed by atoms with Gasteiger partial charge in [-0.1, -0.05) is 28.8 Å². The van der Waals surface area contributed by atoms with E-state index in [-0.39, 0.29) is 5.63 Å². The lowest BCUT2D eigenvalue weighted by Crippen LogP contribution is -2.15. The van der Waals surface area contributed by atoms with E-state index in [1.54, 1.807) is 6.07 Å². The number of hydrogen-bond donors (Lipinski definition) is 0. The molecule has 0 N–H and O–H groups in total. The maximum absolute atomic E-state index is 12.3. The van der Waals surface area contributed by atoms with Gasteiger partial charge in [-0.3, -0.25) is 0 Å². The van der Waals surface area contributed by atoms with E-state index in [9.17, 15) is 4.79 Å². The molecule has 0 atom stereocenters. The maximum atomic E-state index is 12.3. The van der Waals surface area contributed by atoms with Crippen molar-refractivity contribution in [3.8, 4) is 5.75 Å². The first-order valence-corrected chi connectivity index (χ1v) is 10.0. The van der Waals surface area contributed by atoms with E-state index in [4.69, 9.17) is 20.8 Å². The number of fused-ring (bicyclic) bond motifs is 3. The molecule has 0 unspecified atom stereocenters. The van der Waals surface area contributed by atoms with Crippen LogP contribution in [0, 0.1) is 0 Å². The Morgan fingerprint density at radius 2 is 1.89 bits per heavy atom. The van der Waals surface area contributed by atoms with E-state index in [0.29, 0.717) is 23.0 Å². The minimum absolute atomic E-state index is 0.222. The van der Waals surface area contributed by atoms with Crippen molar-refractivity contribution < 1.29 is 9.15 Å². The molecule has 0 saturated carbocycles. The summed E-state index contributed by atoms with van der Waals surface area (Å²) in [4.78, 5) is 12.3. The van der Waals surface area contributed by atoms with Crippen molar-refractivity contribution in [1.82, 2.24) is 0 Å².